The third-order valence-electron chi connectivity index (χ3n) is 5.24. The quantitative estimate of drug-likeness (QED) is 0.0916. The summed E-state index contributed by atoms with van der Waals surface area (Å²) in [6.45, 7) is 0.0383. The van der Waals surface area contributed by atoms with Crippen LogP contribution in [0.25, 0.3) is 0 Å². The van der Waals surface area contributed by atoms with E-state index in [1.54, 1.807) is 13.0 Å². The Labute approximate surface area is 205 Å². The van der Waals surface area contributed by atoms with Gasteiger partial charge in [-0.1, -0.05) is 30.1 Å². The minimum atomic E-state index is -3.36. The Kier molecular flexibility index (Phi) is 9.72. The summed E-state index contributed by atoms with van der Waals surface area (Å²) in [6.07, 6.45) is 1.71. The van der Waals surface area contributed by atoms with E-state index in [-0.39, 0.29) is 17.5 Å². The number of hydrazine groups is 1. The molecule has 0 aliphatic carbocycles. The van der Waals surface area contributed by atoms with E-state index in [1.807, 2.05) is 0 Å². The van der Waals surface area contributed by atoms with Gasteiger partial charge in [-0.2, -0.15) is 5.10 Å². The molecule has 0 amide bonds. The van der Waals surface area contributed by atoms with Gasteiger partial charge in [-0.15, -0.1) is 0 Å². The number of aromatic nitrogens is 1. The Hall–Kier alpha value is -3.75. The van der Waals surface area contributed by atoms with E-state index >= 15 is 4.39 Å². The van der Waals surface area contributed by atoms with E-state index in [9.17, 15) is 22.7 Å². The Morgan fingerprint density at radius 2 is 2.03 bits per heavy atom. The predicted molar refractivity (Wildman–Crippen MR) is 128 cm³/mol. The first-order valence-corrected chi connectivity index (χ1v) is 10.6. The SMILES string of the molecule is Cc1ccc(C#Cc2ccc(C(F)(CF)C(O)(CN(N)/C=N\N)C(/C=C\C(C)F)=C\F)nc2)c(F)c1. The number of rotatable bonds is 9. The number of hydrogen-bond acceptors (Lipinski definition) is 5. The highest BCUT2D eigenvalue weighted by atomic mass is 19.2. The number of allylic oxidation sites excluding steroid dienone is 1. The molecule has 0 spiro atoms. The van der Waals surface area contributed by atoms with Crippen LogP contribution >= 0.6 is 0 Å². The molecule has 3 unspecified atom stereocenters. The molecule has 11 heteroatoms. The van der Waals surface area contributed by atoms with Crippen molar-refractivity contribution in [3.63, 3.8) is 0 Å². The molecule has 0 fully saturated rings. The maximum atomic E-state index is 16.3. The largest absolute Gasteiger partial charge is 0.379 e. The average Bonchev–Trinajstić information content (AvgIpc) is 2.83. The van der Waals surface area contributed by atoms with Gasteiger partial charge in [0.15, 0.2) is 5.60 Å². The maximum Gasteiger partial charge on any atom is 0.215 e. The number of nitrogens with two attached hydrogens (primary N) is 2. The molecule has 1 aromatic carbocycles. The van der Waals surface area contributed by atoms with Crippen molar-refractivity contribution in [1.29, 1.82) is 0 Å². The second-order valence-corrected chi connectivity index (χ2v) is 8.00. The molecule has 192 valence electrons. The van der Waals surface area contributed by atoms with Gasteiger partial charge in [0, 0.05) is 17.3 Å². The van der Waals surface area contributed by atoms with Crippen molar-refractivity contribution in [2.45, 2.75) is 31.3 Å². The standard InChI is InChI=1S/C25H26F5N5O/c1-17-3-7-20(22(29)11-17)8-5-19-6-10-23(33-13-19)24(30,14-27)25(36,15-35(32)16-34-31)21(12-26)9-4-18(2)28/h3-4,6-7,9-13,16,18,36H,14-15,31-32H2,1-2H3/b9-4-,21-12-,34-16-. The molecule has 2 aromatic rings. The molecule has 5 N–H and O–H groups in total. The molecule has 1 aromatic heterocycles. The minimum Gasteiger partial charge on any atom is -0.379 e. The summed E-state index contributed by atoms with van der Waals surface area (Å²) in [7, 11) is 0. The number of alkyl halides is 3. The van der Waals surface area contributed by atoms with Crippen molar-refractivity contribution in [3.05, 3.63) is 88.8 Å². The van der Waals surface area contributed by atoms with Crippen LogP contribution in [0, 0.1) is 24.6 Å². The zero-order valence-electron chi connectivity index (χ0n) is 19.6. The van der Waals surface area contributed by atoms with Crippen LogP contribution in [0.15, 0.2) is 65.7 Å². The Bertz CT molecular complexity index is 1190. The molecule has 2 rings (SSSR count). The predicted octanol–water partition coefficient (Wildman–Crippen LogP) is 3.64. The summed E-state index contributed by atoms with van der Waals surface area (Å²) in [5, 5.41) is 15.0. The summed E-state index contributed by atoms with van der Waals surface area (Å²) < 4.78 is 71.7. The second-order valence-electron chi connectivity index (χ2n) is 8.00. The fourth-order valence-corrected chi connectivity index (χ4v) is 3.29. The lowest BCUT2D eigenvalue weighted by Crippen LogP contribution is -2.59. The highest BCUT2D eigenvalue weighted by Gasteiger charge is 2.56. The molecule has 6 nitrogen and oxygen atoms in total. The number of halogens is 5. The molecule has 0 aliphatic heterocycles. The van der Waals surface area contributed by atoms with Gasteiger partial charge in [-0.3, -0.25) is 9.99 Å². The Balaban J connectivity index is 2.53. The fraction of sp³-hybridized carbons (Fsp3) is 0.280. The smallest absolute Gasteiger partial charge is 0.215 e. The van der Waals surface area contributed by atoms with Crippen LogP contribution in [0.3, 0.4) is 0 Å². The number of pyridine rings is 1. The van der Waals surface area contributed by atoms with Gasteiger partial charge in [0.1, 0.15) is 25.0 Å². The molecule has 36 heavy (non-hydrogen) atoms. The molecular formula is C25H26F5N5O. The van der Waals surface area contributed by atoms with Crippen LogP contribution < -0.4 is 11.7 Å². The van der Waals surface area contributed by atoms with Gasteiger partial charge >= 0.3 is 0 Å². The lowest BCUT2D eigenvalue weighted by Gasteiger charge is -2.41. The molecule has 0 aliphatic rings. The molecule has 0 radical (unpaired) electrons. The van der Waals surface area contributed by atoms with E-state index in [2.05, 4.69) is 21.9 Å². The zero-order chi connectivity index (χ0) is 26.9. The monoisotopic (exact) mass is 507 g/mol. The minimum absolute atomic E-state index is 0.124. The van der Waals surface area contributed by atoms with E-state index in [0.29, 0.717) is 10.6 Å². The van der Waals surface area contributed by atoms with Crippen molar-refractivity contribution in [3.8, 4) is 11.8 Å². The first-order valence-electron chi connectivity index (χ1n) is 10.6. The number of benzene rings is 1. The highest BCUT2D eigenvalue weighted by Crippen LogP contribution is 2.42. The molecule has 0 bridgehead atoms. The Morgan fingerprint density at radius 3 is 2.56 bits per heavy atom. The first-order chi connectivity index (χ1) is 17.0. The maximum absolute atomic E-state index is 16.3. The number of aryl methyl sites for hydroxylation is 1. The van der Waals surface area contributed by atoms with Crippen molar-refractivity contribution in [2.24, 2.45) is 16.8 Å². The molecule has 0 saturated heterocycles. The third-order valence-corrected chi connectivity index (χ3v) is 5.24. The summed E-state index contributed by atoms with van der Waals surface area (Å²) in [6, 6.07) is 6.79. The van der Waals surface area contributed by atoms with Crippen LogP contribution in [-0.2, 0) is 5.67 Å². The van der Waals surface area contributed by atoms with Crippen LogP contribution in [-0.4, -0.2) is 46.4 Å². The lowest BCUT2D eigenvalue weighted by atomic mass is 9.76. The normalized spacial score (nSPS) is 16.3. The van der Waals surface area contributed by atoms with Crippen LogP contribution in [0.5, 0.6) is 0 Å². The zero-order valence-corrected chi connectivity index (χ0v) is 19.6. The summed E-state index contributed by atoms with van der Waals surface area (Å²) in [4.78, 5) is 3.87. The highest BCUT2D eigenvalue weighted by molar-refractivity contribution is 5.54. The van der Waals surface area contributed by atoms with Gasteiger partial charge in [-0.05, 0) is 43.7 Å². The Morgan fingerprint density at radius 1 is 1.31 bits per heavy atom. The summed E-state index contributed by atoms with van der Waals surface area (Å²) in [5.74, 6) is 15.4. The van der Waals surface area contributed by atoms with E-state index in [1.165, 1.54) is 18.2 Å². The van der Waals surface area contributed by atoms with Crippen molar-refractivity contribution in [1.82, 2.24) is 9.99 Å². The third kappa shape index (κ3) is 6.47. The van der Waals surface area contributed by atoms with E-state index in [0.717, 1.165) is 37.7 Å². The van der Waals surface area contributed by atoms with Crippen LogP contribution in [0.4, 0.5) is 22.0 Å². The van der Waals surface area contributed by atoms with Crippen molar-refractivity contribution in [2.75, 3.05) is 13.2 Å². The molecule has 1 heterocycles. The van der Waals surface area contributed by atoms with Crippen LogP contribution in [0.1, 0.15) is 29.3 Å². The topological polar surface area (TPSA) is 101 Å². The summed E-state index contributed by atoms with van der Waals surface area (Å²) >= 11 is 0. The van der Waals surface area contributed by atoms with Gasteiger partial charge in [0.25, 0.3) is 0 Å². The van der Waals surface area contributed by atoms with Gasteiger partial charge < -0.3 is 10.9 Å². The van der Waals surface area contributed by atoms with Crippen LogP contribution in [0.2, 0.25) is 0 Å². The number of aliphatic hydroxyl groups is 1. The second kappa shape index (κ2) is 12.3. The lowest BCUT2D eigenvalue weighted by molar-refractivity contribution is -0.103. The average molecular weight is 508 g/mol. The molecule has 0 saturated carbocycles. The first kappa shape index (κ1) is 28.5. The van der Waals surface area contributed by atoms with E-state index < -0.39 is 47.7 Å². The van der Waals surface area contributed by atoms with Gasteiger partial charge in [0.2, 0.25) is 5.67 Å². The van der Waals surface area contributed by atoms with E-state index in [4.69, 9.17) is 11.7 Å². The van der Waals surface area contributed by atoms with Crippen molar-refractivity contribution < 1.29 is 27.1 Å². The van der Waals surface area contributed by atoms with Gasteiger partial charge in [0.05, 0.1) is 24.1 Å². The fourth-order valence-electron chi connectivity index (χ4n) is 3.29. The summed E-state index contributed by atoms with van der Waals surface area (Å²) in [5.41, 5.74) is -6.74. The number of hydrazone groups is 1. The molecule has 3 atom stereocenters. The number of nitrogens with zero attached hydrogens (tertiary/aromatic N) is 3. The van der Waals surface area contributed by atoms with Gasteiger partial charge in [-0.25, -0.2) is 27.8 Å². The number of hydrogen-bond donors (Lipinski definition) is 3. The molecular weight excluding hydrogens is 481 g/mol. The van der Waals surface area contributed by atoms with Crippen molar-refractivity contribution >= 4 is 6.34 Å².